The van der Waals surface area contributed by atoms with Gasteiger partial charge in [0.2, 0.25) is 5.91 Å². The summed E-state index contributed by atoms with van der Waals surface area (Å²) in [7, 11) is 0. The van der Waals surface area contributed by atoms with Crippen molar-refractivity contribution in [3.8, 4) is 0 Å². The maximum atomic E-state index is 12.5. The second-order valence-electron chi connectivity index (χ2n) is 6.24. The molecule has 2 rings (SSSR count). The molecule has 0 aliphatic heterocycles. The molecule has 1 heterocycles. The Bertz CT molecular complexity index is 725. The quantitative estimate of drug-likeness (QED) is 0.841. The third-order valence-corrected chi connectivity index (χ3v) is 4.40. The number of hydrogen-bond acceptors (Lipinski definition) is 4. The number of thiazole rings is 1. The summed E-state index contributed by atoms with van der Waals surface area (Å²) in [6.07, 6.45) is 2.28. The second kappa shape index (κ2) is 8.06. The summed E-state index contributed by atoms with van der Waals surface area (Å²) in [6.45, 7) is 7.85. The first-order chi connectivity index (χ1) is 11.4. The lowest BCUT2D eigenvalue weighted by atomic mass is 10.0. The van der Waals surface area contributed by atoms with E-state index in [-0.39, 0.29) is 17.7 Å². The van der Waals surface area contributed by atoms with Gasteiger partial charge in [0.25, 0.3) is 5.91 Å². The molecule has 24 heavy (non-hydrogen) atoms. The number of anilines is 1. The minimum Gasteiger partial charge on any atom is -0.340 e. The van der Waals surface area contributed by atoms with Gasteiger partial charge in [-0.3, -0.25) is 9.59 Å². The van der Waals surface area contributed by atoms with Crippen molar-refractivity contribution in [3.63, 3.8) is 0 Å². The molecule has 1 aromatic heterocycles. The lowest BCUT2D eigenvalue weighted by Crippen LogP contribution is -2.44. The Morgan fingerprint density at radius 1 is 1.21 bits per heavy atom. The largest absolute Gasteiger partial charge is 0.340 e. The van der Waals surface area contributed by atoms with Gasteiger partial charge in [-0.15, -0.1) is 11.3 Å². The van der Waals surface area contributed by atoms with Crippen LogP contribution in [0.25, 0.3) is 0 Å². The number of rotatable bonds is 6. The first-order valence-corrected chi connectivity index (χ1v) is 8.78. The van der Waals surface area contributed by atoms with E-state index in [1.54, 1.807) is 12.3 Å². The minimum absolute atomic E-state index is 0.232. The van der Waals surface area contributed by atoms with Gasteiger partial charge in [0, 0.05) is 16.6 Å². The second-order valence-corrected chi connectivity index (χ2v) is 7.47. The van der Waals surface area contributed by atoms with Gasteiger partial charge in [-0.1, -0.05) is 32.0 Å². The van der Waals surface area contributed by atoms with E-state index in [1.165, 1.54) is 11.3 Å². The molecule has 2 aromatic rings. The summed E-state index contributed by atoms with van der Waals surface area (Å²) in [6, 6.07) is 6.75. The van der Waals surface area contributed by atoms with Gasteiger partial charge >= 0.3 is 0 Å². The van der Waals surface area contributed by atoms with Crippen molar-refractivity contribution < 1.29 is 9.59 Å². The number of carbonyl (C=O) groups excluding carboxylic acids is 2. The SMILES string of the molecule is Cc1cnc(NC(=O)C(CC(C)C)NC(=O)c2ccccc2C)s1. The highest BCUT2D eigenvalue weighted by molar-refractivity contribution is 7.15. The molecular formula is C18H23N3O2S. The zero-order chi connectivity index (χ0) is 17.7. The van der Waals surface area contributed by atoms with Gasteiger partial charge in [0.1, 0.15) is 6.04 Å². The molecule has 1 atom stereocenters. The fourth-order valence-corrected chi connectivity index (χ4v) is 3.04. The van der Waals surface area contributed by atoms with Crippen LogP contribution < -0.4 is 10.6 Å². The normalized spacial score (nSPS) is 12.0. The van der Waals surface area contributed by atoms with Crippen molar-refractivity contribution in [1.82, 2.24) is 10.3 Å². The van der Waals surface area contributed by atoms with E-state index in [2.05, 4.69) is 15.6 Å². The first-order valence-electron chi connectivity index (χ1n) is 7.96. The van der Waals surface area contributed by atoms with E-state index >= 15 is 0 Å². The Balaban J connectivity index is 2.11. The van der Waals surface area contributed by atoms with Crippen LogP contribution in [-0.4, -0.2) is 22.8 Å². The molecule has 1 aromatic carbocycles. The van der Waals surface area contributed by atoms with Crippen LogP contribution in [0.1, 0.15) is 41.1 Å². The van der Waals surface area contributed by atoms with Crippen molar-refractivity contribution >= 4 is 28.3 Å². The van der Waals surface area contributed by atoms with Crippen LogP contribution in [0.15, 0.2) is 30.5 Å². The van der Waals surface area contributed by atoms with Gasteiger partial charge in [0.15, 0.2) is 5.13 Å². The summed E-state index contributed by atoms with van der Waals surface area (Å²) in [5.41, 5.74) is 1.47. The van der Waals surface area contributed by atoms with Crippen molar-refractivity contribution in [2.45, 2.75) is 40.2 Å². The van der Waals surface area contributed by atoms with Crippen molar-refractivity contribution in [2.24, 2.45) is 5.92 Å². The zero-order valence-electron chi connectivity index (χ0n) is 14.4. The topological polar surface area (TPSA) is 71.1 Å². The summed E-state index contributed by atoms with van der Waals surface area (Å²) < 4.78 is 0. The van der Waals surface area contributed by atoms with Gasteiger partial charge in [-0.05, 0) is 37.8 Å². The molecule has 0 spiro atoms. The van der Waals surface area contributed by atoms with Gasteiger partial charge in [-0.25, -0.2) is 4.98 Å². The minimum atomic E-state index is -0.596. The van der Waals surface area contributed by atoms with Crippen LogP contribution >= 0.6 is 11.3 Å². The van der Waals surface area contributed by atoms with Crippen LogP contribution in [0, 0.1) is 19.8 Å². The van der Waals surface area contributed by atoms with Crippen LogP contribution in [0.2, 0.25) is 0 Å². The van der Waals surface area contributed by atoms with E-state index < -0.39 is 6.04 Å². The maximum absolute atomic E-state index is 12.5. The Labute approximate surface area is 146 Å². The molecule has 0 aliphatic carbocycles. The van der Waals surface area contributed by atoms with Crippen LogP contribution in [0.4, 0.5) is 5.13 Å². The maximum Gasteiger partial charge on any atom is 0.252 e. The number of amides is 2. The summed E-state index contributed by atoms with van der Waals surface area (Å²) in [5.74, 6) is -0.194. The number of nitrogens with zero attached hydrogens (tertiary/aromatic N) is 1. The monoisotopic (exact) mass is 345 g/mol. The molecule has 6 heteroatoms. The van der Waals surface area contributed by atoms with Gasteiger partial charge in [0.05, 0.1) is 0 Å². The summed E-state index contributed by atoms with van der Waals surface area (Å²) in [5, 5.41) is 6.20. The van der Waals surface area contributed by atoms with E-state index in [4.69, 9.17) is 0 Å². The molecule has 2 amide bonds. The Morgan fingerprint density at radius 3 is 2.50 bits per heavy atom. The van der Waals surface area contributed by atoms with E-state index in [0.717, 1.165) is 10.4 Å². The van der Waals surface area contributed by atoms with Gasteiger partial charge < -0.3 is 10.6 Å². The molecular weight excluding hydrogens is 322 g/mol. The fraction of sp³-hybridized carbons (Fsp3) is 0.389. The zero-order valence-corrected chi connectivity index (χ0v) is 15.2. The van der Waals surface area contributed by atoms with Crippen molar-refractivity contribution in [1.29, 1.82) is 0 Å². The molecule has 0 saturated heterocycles. The average Bonchev–Trinajstić information content (AvgIpc) is 2.91. The lowest BCUT2D eigenvalue weighted by Gasteiger charge is -2.20. The van der Waals surface area contributed by atoms with Crippen LogP contribution in [0.3, 0.4) is 0 Å². The predicted molar refractivity (Wildman–Crippen MR) is 97.4 cm³/mol. The van der Waals surface area contributed by atoms with Crippen molar-refractivity contribution in [2.75, 3.05) is 5.32 Å². The lowest BCUT2D eigenvalue weighted by molar-refractivity contribution is -0.118. The number of aromatic nitrogens is 1. The van der Waals surface area contributed by atoms with E-state index in [0.29, 0.717) is 17.1 Å². The molecule has 0 saturated carbocycles. The van der Waals surface area contributed by atoms with Crippen LogP contribution in [-0.2, 0) is 4.79 Å². The standard InChI is InChI=1S/C18H23N3O2S/c1-11(2)9-15(17(23)21-18-19-10-13(4)24-18)20-16(22)14-8-6-5-7-12(14)3/h5-8,10-11,15H,9H2,1-4H3,(H,20,22)(H,19,21,23). The Hall–Kier alpha value is -2.21. The molecule has 1 unspecified atom stereocenters. The molecule has 0 bridgehead atoms. The smallest absolute Gasteiger partial charge is 0.252 e. The predicted octanol–water partition coefficient (Wildman–Crippen LogP) is 3.54. The molecule has 0 radical (unpaired) electrons. The Morgan fingerprint density at radius 2 is 1.92 bits per heavy atom. The first kappa shape index (κ1) is 18.1. The average molecular weight is 345 g/mol. The molecule has 128 valence electrons. The number of benzene rings is 1. The number of nitrogens with one attached hydrogen (secondary N) is 2. The third-order valence-electron chi connectivity index (χ3n) is 3.57. The molecule has 5 nitrogen and oxygen atoms in total. The molecule has 0 aliphatic rings. The highest BCUT2D eigenvalue weighted by Crippen LogP contribution is 2.18. The van der Waals surface area contributed by atoms with E-state index in [1.807, 2.05) is 45.9 Å². The number of hydrogen-bond donors (Lipinski definition) is 2. The third kappa shape index (κ3) is 4.89. The number of carbonyl (C=O) groups is 2. The van der Waals surface area contributed by atoms with Gasteiger partial charge in [-0.2, -0.15) is 0 Å². The fourth-order valence-electron chi connectivity index (χ4n) is 2.37. The van der Waals surface area contributed by atoms with Crippen molar-refractivity contribution in [3.05, 3.63) is 46.5 Å². The van der Waals surface area contributed by atoms with Crippen LogP contribution in [0.5, 0.6) is 0 Å². The molecule has 2 N–H and O–H groups in total. The highest BCUT2D eigenvalue weighted by Gasteiger charge is 2.23. The Kier molecular flexibility index (Phi) is 6.09. The molecule has 0 fully saturated rings. The summed E-state index contributed by atoms with van der Waals surface area (Å²) >= 11 is 1.41. The van der Waals surface area contributed by atoms with E-state index in [9.17, 15) is 9.59 Å². The summed E-state index contributed by atoms with van der Waals surface area (Å²) in [4.78, 5) is 30.2. The number of aryl methyl sites for hydroxylation is 2. The highest BCUT2D eigenvalue weighted by atomic mass is 32.1.